The van der Waals surface area contributed by atoms with Crippen LogP contribution in [0.2, 0.25) is 5.02 Å². The molecule has 1 aliphatic carbocycles. The minimum atomic E-state index is -0.804. The van der Waals surface area contributed by atoms with Gasteiger partial charge in [-0.3, -0.25) is 24.2 Å². The average Bonchev–Trinajstić information content (AvgIpc) is 4.07. The topological polar surface area (TPSA) is 106 Å². The number of rotatable bonds is 13. The molecule has 1 saturated carbocycles. The number of amides is 4. The van der Waals surface area contributed by atoms with Gasteiger partial charge >= 0.3 is 6.09 Å². The number of halogens is 3. The van der Waals surface area contributed by atoms with Gasteiger partial charge in [0.05, 0.1) is 30.9 Å². The Labute approximate surface area is 371 Å². The van der Waals surface area contributed by atoms with Crippen LogP contribution in [0.25, 0.3) is 5.57 Å². The van der Waals surface area contributed by atoms with Crippen LogP contribution < -0.4 is 9.47 Å². The zero-order chi connectivity index (χ0) is 44.7. The SMILES string of the molecule is COc1cccc(CN(C(=O)C2=C(c3ccc(CCCOc4c(F)ccc(F)c4Cl)cc3)CC3CC(CN4C(=O)c5ccccc5C4=O)CC2N3C(=O)OC(C)(C)C)C2CC2)c1C. The minimum absolute atomic E-state index is 0.00242. The van der Waals surface area contributed by atoms with Crippen LogP contribution in [0.15, 0.2) is 84.4 Å². The molecule has 0 radical (unpaired) electrons. The molecule has 4 amide bonds. The van der Waals surface area contributed by atoms with E-state index in [1.165, 1.54) is 4.90 Å². The van der Waals surface area contributed by atoms with Crippen molar-refractivity contribution < 1.29 is 42.2 Å². The summed E-state index contributed by atoms with van der Waals surface area (Å²) in [6.45, 7) is 8.05. The lowest BCUT2D eigenvalue weighted by Gasteiger charge is -2.50. The first-order valence-corrected chi connectivity index (χ1v) is 22.0. The predicted molar refractivity (Wildman–Crippen MR) is 235 cm³/mol. The van der Waals surface area contributed by atoms with Crippen LogP contribution >= 0.6 is 11.6 Å². The fourth-order valence-corrected chi connectivity index (χ4v) is 9.53. The fraction of sp³-hybridized carbons (Fsp3) is 0.400. The van der Waals surface area contributed by atoms with Gasteiger partial charge in [0.2, 0.25) is 0 Å². The van der Waals surface area contributed by atoms with Crippen LogP contribution in [0, 0.1) is 24.5 Å². The third-order valence-electron chi connectivity index (χ3n) is 12.5. The van der Waals surface area contributed by atoms with E-state index in [-0.39, 0.29) is 48.6 Å². The Bertz CT molecular complexity index is 2450. The number of benzene rings is 4. The Morgan fingerprint density at radius 2 is 1.57 bits per heavy atom. The highest BCUT2D eigenvalue weighted by atomic mass is 35.5. The second-order valence-electron chi connectivity index (χ2n) is 18.0. The number of piperidine rings is 1. The highest BCUT2D eigenvalue weighted by Crippen LogP contribution is 2.47. The van der Waals surface area contributed by atoms with E-state index in [0.29, 0.717) is 55.3 Å². The van der Waals surface area contributed by atoms with E-state index < -0.39 is 40.4 Å². The molecule has 13 heteroatoms. The number of aryl methyl sites for hydroxylation is 1. The van der Waals surface area contributed by atoms with E-state index in [1.807, 2.05) is 75.1 Å². The van der Waals surface area contributed by atoms with Gasteiger partial charge in [-0.1, -0.05) is 60.1 Å². The van der Waals surface area contributed by atoms with Crippen molar-refractivity contribution in [3.05, 3.63) is 134 Å². The molecule has 2 fully saturated rings. The van der Waals surface area contributed by atoms with Crippen LogP contribution in [-0.2, 0) is 22.5 Å². The molecule has 3 aliphatic heterocycles. The standard InChI is InChI=1S/C50H52ClF2N3O7/c1-29-33(11-8-14-42(29)61-5)28-54(34-19-20-34)48(59)43-38(32-17-15-30(16-18-32)10-9-23-62-45-40(53)22-21-39(52)44(45)51)26-35-24-31(25-41(43)56(35)49(60)63-50(2,3)4)27-55-46(57)36-12-6-7-13-37(36)47(55)58/h6-8,11-18,21-22,31,34-35,41H,9-10,19-20,23-28H2,1-5H3. The summed E-state index contributed by atoms with van der Waals surface area (Å²) < 4.78 is 45.5. The Kier molecular flexibility index (Phi) is 12.4. The summed E-state index contributed by atoms with van der Waals surface area (Å²) in [7, 11) is 1.63. The highest BCUT2D eigenvalue weighted by Gasteiger charge is 2.51. The van der Waals surface area contributed by atoms with Crippen LogP contribution in [0.1, 0.15) is 102 Å². The average molecular weight is 880 g/mol. The summed E-state index contributed by atoms with van der Waals surface area (Å²) >= 11 is 5.95. The quantitative estimate of drug-likeness (QED) is 0.0748. The van der Waals surface area contributed by atoms with Gasteiger partial charge in [0, 0.05) is 30.7 Å². The summed E-state index contributed by atoms with van der Waals surface area (Å²) in [5.41, 5.74) is 5.01. The van der Waals surface area contributed by atoms with E-state index in [9.17, 15) is 23.2 Å². The van der Waals surface area contributed by atoms with Gasteiger partial charge in [-0.2, -0.15) is 0 Å². The molecule has 0 spiro atoms. The van der Waals surface area contributed by atoms with E-state index in [2.05, 4.69) is 0 Å². The molecule has 0 N–H and O–H groups in total. The number of methoxy groups -OCH3 is 1. The number of hydrogen-bond acceptors (Lipinski definition) is 7. The number of nitrogens with zero attached hydrogens (tertiary/aromatic N) is 3. The molecule has 330 valence electrons. The van der Waals surface area contributed by atoms with Gasteiger partial charge < -0.3 is 19.1 Å². The molecule has 4 aliphatic rings. The van der Waals surface area contributed by atoms with Crippen molar-refractivity contribution in [1.82, 2.24) is 14.7 Å². The van der Waals surface area contributed by atoms with Gasteiger partial charge in [0.15, 0.2) is 11.6 Å². The van der Waals surface area contributed by atoms with Crippen molar-refractivity contribution >= 4 is 41.0 Å². The smallest absolute Gasteiger partial charge is 0.411 e. The highest BCUT2D eigenvalue weighted by molar-refractivity contribution is 6.32. The molecule has 10 nitrogen and oxygen atoms in total. The van der Waals surface area contributed by atoms with E-state index in [1.54, 1.807) is 36.3 Å². The maximum Gasteiger partial charge on any atom is 0.411 e. The van der Waals surface area contributed by atoms with Crippen LogP contribution in [0.5, 0.6) is 11.5 Å². The van der Waals surface area contributed by atoms with E-state index >= 15 is 4.79 Å². The molecule has 3 heterocycles. The number of carbonyl (C=O) groups excluding carboxylic acids is 4. The Morgan fingerprint density at radius 1 is 0.889 bits per heavy atom. The summed E-state index contributed by atoms with van der Waals surface area (Å²) in [5.74, 6) is -2.13. The molecule has 0 aromatic heterocycles. The third-order valence-corrected chi connectivity index (χ3v) is 12.9. The first kappa shape index (κ1) is 43.9. The number of ether oxygens (including phenoxy) is 3. The van der Waals surface area contributed by atoms with Crippen molar-refractivity contribution in [2.24, 2.45) is 5.92 Å². The zero-order valence-electron chi connectivity index (χ0n) is 36.2. The van der Waals surface area contributed by atoms with Gasteiger partial charge in [-0.05, 0) is 137 Å². The Morgan fingerprint density at radius 3 is 2.22 bits per heavy atom. The first-order valence-electron chi connectivity index (χ1n) is 21.6. The molecule has 8 rings (SSSR count). The van der Waals surface area contributed by atoms with Gasteiger partial charge in [0.1, 0.15) is 22.2 Å². The van der Waals surface area contributed by atoms with Crippen molar-refractivity contribution in [3.8, 4) is 11.5 Å². The summed E-state index contributed by atoms with van der Waals surface area (Å²) in [5, 5.41) is -0.394. The molecule has 1 saturated heterocycles. The summed E-state index contributed by atoms with van der Waals surface area (Å²) in [6.07, 6.45) is 3.42. The fourth-order valence-electron chi connectivity index (χ4n) is 9.32. The molecule has 3 atom stereocenters. The number of hydrogen-bond donors (Lipinski definition) is 0. The molecule has 2 bridgehead atoms. The summed E-state index contributed by atoms with van der Waals surface area (Å²) in [6, 6.07) is 21.4. The van der Waals surface area contributed by atoms with Crippen molar-refractivity contribution in [1.29, 1.82) is 0 Å². The zero-order valence-corrected chi connectivity index (χ0v) is 37.0. The Balaban J connectivity index is 1.14. The maximum atomic E-state index is 15.6. The van der Waals surface area contributed by atoms with Gasteiger partial charge in [-0.15, -0.1) is 0 Å². The third kappa shape index (κ3) is 9.05. The summed E-state index contributed by atoms with van der Waals surface area (Å²) in [4.78, 5) is 62.1. The molecule has 63 heavy (non-hydrogen) atoms. The van der Waals surface area contributed by atoms with Crippen molar-refractivity contribution in [2.75, 3.05) is 20.3 Å². The number of carbonyl (C=O) groups is 4. The lowest BCUT2D eigenvalue weighted by atomic mass is 9.73. The number of fused-ring (bicyclic) bond motifs is 3. The Hall–Kier alpha value is -5.75. The van der Waals surface area contributed by atoms with Gasteiger partial charge in [-0.25, -0.2) is 13.6 Å². The molecular weight excluding hydrogens is 828 g/mol. The largest absolute Gasteiger partial charge is 0.496 e. The molecule has 3 unspecified atom stereocenters. The molecular formula is C50H52ClF2N3O7. The van der Waals surface area contributed by atoms with Crippen LogP contribution in [-0.4, -0.2) is 82.5 Å². The lowest BCUT2D eigenvalue weighted by molar-refractivity contribution is -0.129. The van der Waals surface area contributed by atoms with Crippen molar-refractivity contribution in [2.45, 2.75) is 103 Å². The van der Waals surface area contributed by atoms with Crippen LogP contribution in [0.3, 0.4) is 0 Å². The lowest BCUT2D eigenvalue weighted by Crippen LogP contribution is -2.59. The van der Waals surface area contributed by atoms with E-state index in [0.717, 1.165) is 58.6 Å². The normalized spacial score (nSPS) is 19.6. The molecule has 4 aromatic rings. The first-order chi connectivity index (χ1) is 30.1. The van der Waals surface area contributed by atoms with Crippen molar-refractivity contribution in [3.63, 3.8) is 0 Å². The monoisotopic (exact) mass is 879 g/mol. The second kappa shape index (κ2) is 17.8. The molecule has 4 aromatic carbocycles. The maximum absolute atomic E-state index is 15.6. The van der Waals surface area contributed by atoms with Gasteiger partial charge in [0.25, 0.3) is 17.7 Å². The minimum Gasteiger partial charge on any atom is -0.496 e. The van der Waals surface area contributed by atoms with Crippen LogP contribution in [0.4, 0.5) is 13.6 Å². The number of imide groups is 1. The second-order valence-corrected chi connectivity index (χ2v) is 18.4. The predicted octanol–water partition coefficient (Wildman–Crippen LogP) is 9.98. The van der Waals surface area contributed by atoms with E-state index in [4.69, 9.17) is 25.8 Å².